The molecule has 118 valence electrons. The summed E-state index contributed by atoms with van der Waals surface area (Å²) in [6.45, 7) is 1.42. The lowest BCUT2D eigenvalue weighted by molar-refractivity contribution is -0.128. The monoisotopic (exact) mass is 326 g/mol. The van der Waals surface area contributed by atoms with Crippen molar-refractivity contribution in [2.45, 2.75) is 19.4 Å². The number of nitrogens with one attached hydrogen (secondary N) is 1. The molecule has 1 aromatic carbocycles. The fourth-order valence-electron chi connectivity index (χ4n) is 2.57. The highest BCUT2D eigenvalue weighted by molar-refractivity contribution is 7.10. The number of amides is 2. The molecule has 0 bridgehead atoms. The highest BCUT2D eigenvalue weighted by Gasteiger charge is 2.19. The van der Waals surface area contributed by atoms with Crippen LogP contribution in [0, 0.1) is 0 Å². The van der Waals surface area contributed by atoms with E-state index in [4.69, 9.17) is 0 Å². The Bertz CT molecular complexity index is 722. The Labute approximate surface area is 139 Å². The molecule has 1 N–H and O–H groups in total. The van der Waals surface area contributed by atoms with E-state index in [1.165, 1.54) is 6.08 Å². The molecule has 4 nitrogen and oxygen atoms in total. The first-order valence-electron chi connectivity index (χ1n) is 7.60. The maximum absolute atomic E-state index is 12.0. The van der Waals surface area contributed by atoms with Crippen molar-refractivity contribution >= 4 is 34.9 Å². The van der Waals surface area contributed by atoms with E-state index in [1.54, 1.807) is 17.4 Å². The molecule has 2 heterocycles. The molecule has 0 unspecified atom stereocenters. The predicted molar refractivity (Wildman–Crippen MR) is 93.1 cm³/mol. The maximum atomic E-state index is 12.0. The van der Waals surface area contributed by atoms with Crippen LogP contribution < -0.4 is 5.32 Å². The van der Waals surface area contributed by atoms with E-state index in [0.717, 1.165) is 29.1 Å². The summed E-state index contributed by atoms with van der Waals surface area (Å²) in [5, 5.41) is 4.83. The van der Waals surface area contributed by atoms with E-state index in [-0.39, 0.29) is 11.8 Å². The van der Waals surface area contributed by atoms with Crippen molar-refractivity contribution in [3.8, 4) is 0 Å². The number of hydrogen-bond donors (Lipinski definition) is 1. The number of benzene rings is 1. The SMILES string of the molecule is O=C(C=Cc1cccs1)Nc1cccc(CN2CCCC2=O)c1. The van der Waals surface area contributed by atoms with Crippen LogP contribution in [0.25, 0.3) is 6.08 Å². The van der Waals surface area contributed by atoms with Crippen molar-refractivity contribution in [3.63, 3.8) is 0 Å². The van der Waals surface area contributed by atoms with E-state index >= 15 is 0 Å². The number of rotatable bonds is 5. The van der Waals surface area contributed by atoms with Crippen LogP contribution in [-0.2, 0) is 16.1 Å². The fraction of sp³-hybridized carbons (Fsp3) is 0.222. The smallest absolute Gasteiger partial charge is 0.248 e. The van der Waals surface area contributed by atoms with Crippen LogP contribution in [0.4, 0.5) is 5.69 Å². The van der Waals surface area contributed by atoms with E-state index in [2.05, 4.69) is 5.32 Å². The molecule has 0 saturated carbocycles. The van der Waals surface area contributed by atoms with Crippen LogP contribution in [0.5, 0.6) is 0 Å². The van der Waals surface area contributed by atoms with Crippen LogP contribution in [0.1, 0.15) is 23.3 Å². The summed E-state index contributed by atoms with van der Waals surface area (Å²) in [6.07, 6.45) is 4.90. The van der Waals surface area contributed by atoms with Gasteiger partial charge in [-0.15, -0.1) is 11.3 Å². The van der Waals surface area contributed by atoms with Gasteiger partial charge in [0.1, 0.15) is 0 Å². The Morgan fingerprint density at radius 3 is 2.96 bits per heavy atom. The first-order chi connectivity index (χ1) is 11.2. The summed E-state index contributed by atoms with van der Waals surface area (Å²) >= 11 is 1.59. The van der Waals surface area contributed by atoms with E-state index in [1.807, 2.05) is 46.7 Å². The normalized spacial score (nSPS) is 14.6. The van der Waals surface area contributed by atoms with Gasteiger partial charge in [-0.25, -0.2) is 0 Å². The molecule has 0 radical (unpaired) electrons. The number of carbonyl (C=O) groups excluding carboxylic acids is 2. The zero-order chi connectivity index (χ0) is 16.1. The molecular weight excluding hydrogens is 308 g/mol. The molecule has 3 rings (SSSR count). The molecule has 2 aromatic rings. The maximum Gasteiger partial charge on any atom is 0.248 e. The lowest BCUT2D eigenvalue weighted by Crippen LogP contribution is -2.23. The second-order valence-corrected chi connectivity index (χ2v) is 6.44. The Morgan fingerprint density at radius 2 is 2.22 bits per heavy atom. The quantitative estimate of drug-likeness (QED) is 0.855. The van der Waals surface area contributed by atoms with Gasteiger partial charge in [0.05, 0.1) is 0 Å². The molecular formula is C18H18N2O2S. The summed E-state index contributed by atoms with van der Waals surface area (Å²) in [7, 11) is 0. The molecule has 1 aliphatic rings. The molecule has 2 amide bonds. The summed E-state index contributed by atoms with van der Waals surface area (Å²) in [5.41, 5.74) is 1.77. The minimum Gasteiger partial charge on any atom is -0.338 e. The van der Waals surface area contributed by atoms with Gasteiger partial charge in [-0.2, -0.15) is 0 Å². The van der Waals surface area contributed by atoms with Gasteiger partial charge in [0.15, 0.2) is 0 Å². The van der Waals surface area contributed by atoms with Gasteiger partial charge < -0.3 is 10.2 Å². The number of carbonyl (C=O) groups is 2. The second-order valence-electron chi connectivity index (χ2n) is 5.46. The van der Waals surface area contributed by atoms with E-state index in [9.17, 15) is 9.59 Å². The molecule has 0 aliphatic carbocycles. The van der Waals surface area contributed by atoms with Crippen LogP contribution in [0.2, 0.25) is 0 Å². The molecule has 5 heteroatoms. The van der Waals surface area contributed by atoms with Crippen LogP contribution in [-0.4, -0.2) is 23.3 Å². The standard InChI is InChI=1S/C18H18N2O2S/c21-17(9-8-16-6-3-11-23-16)19-15-5-1-4-14(12-15)13-20-10-2-7-18(20)22/h1,3-6,8-9,11-12H,2,7,10,13H2,(H,19,21). The van der Waals surface area contributed by atoms with Gasteiger partial charge in [0.25, 0.3) is 0 Å². The van der Waals surface area contributed by atoms with Crippen LogP contribution in [0.15, 0.2) is 47.9 Å². The Kier molecular flexibility index (Phi) is 4.88. The third-order valence-electron chi connectivity index (χ3n) is 3.68. The van der Waals surface area contributed by atoms with E-state index in [0.29, 0.717) is 13.0 Å². The Balaban J connectivity index is 1.60. The Morgan fingerprint density at radius 1 is 1.30 bits per heavy atom. The third kappa shape index (κ3) is 4.29. The summed E-state index contributed by atoms with van der Waals surface area (Å²) in [4.78, 5) is 26.5. The number of hydrogen-bond acceptors (Lipinski definition) is 3. The summed E-state index contributed by atoms with van der Waals surface area (Å²) in [6, 6.07) is 11.6. The van der Waals surface area contributed by atoms with E-state index < -0.39 is 0 Å². The van der Waals surface area contributed by atoms with Crippen molar-refractivity contribution in [2.75, 3.05) is 11.9 Å². The van der Waals surface area contributed by atoms with Crippen LogP contribution in [0.3, 0.4) is 0 Å². The highest BCUT2D eigenvalue weighted by Crippen LogP contribution is 2.17. The second kappa shape index (κ2) is 7.24. The number of likely N-dealkylation sites (tertiary alicyclic amines) is 1. The third-order valence-corrected chi connectivity index (χ3v) is 4.52. The van der Waals surface area contributed by atoms with Gasteiger partial charge in [-0.1, -0.05) is 18.2 Å². The van der Waals surface area contributed by atoms with Crippen LogP contribution >= 0.6 is 11.3 Å². The first-order valence-corrected chi connectivity index (χ1v) is 8.48. The van der Waals surface area contributed by atoms with Gasteiger partial charge in [-0.05, 0) is 41.6 Å². The van der Waals surface area contributed by atoms with Crippen molar-refractivity contribution in [1.29, 1.82) is 0 Å². The van der Waals surface area contributed by atoms with Gasteiger partial charge in [0, 0.05) is 36.2 Å². The van der Waals surface area contributed by atoms with Crippen molar-refractivity contribution in [3.05, 3.63) is 58.3 Å². The van der Waals surface area contributed by atoms with Crippen molar-refractivity contribution in [1.82, 2.24) is 4.90 Å². The number of nitrogens with zero attached hydrogens (tertiary/aromatic N) is 1. The molecule has 23 heavy (non-hydrogen) atoms. The molecule has 1 aromatic heterocycles. The first kappa shape index (κ1) is 15.5. The highest BCUT2D eigenvalue weighted by atomic mass is 32.1. The Hall–Kier alpha value is -2.40. The molecule has 0 spiro atoms. The topological polar surface area (TPSA) is 49.4 Å². The van der Waals surface area contributed by atoms with Gasteiger partial charge >= 0.3 is 0 Å². The lowest BCUT2D eigenvalue weighted by Gasteiger charge is -2.16. The fourth-order valence-corrected chi connectivity index (χ4v) is 3.18. The number of thiophene rings is 1. The summed E-state index contributed by atoms with van der Waals surface area (Å²) in [5.74, 6) is 0.0473. The molecule has 1 fully saturated rings. The summed E-state index contributed by atoms with van der Waals surface area (Å²) < 4.78 is 0. The minimum absolute atomic E-state index is 0.159. The van der Waals surface area contributed by atoms with Gasteiger partial charge in [0.2, 0.25) is 11.8 Å². The molecule has 1 saturated heterocycles. The molecule has 0 atom stereocenters. The largest absolute Gasteiger partial charge is 0.338 e. The minimum atomic E-state index is -0.159. The van der Waals surface area contributed by atoms with Crippen molar-refractivity contribution < 1.29 is 9.59 Å². The van der Waals surface area contributed by atoms with Gasteiger partial charge in [-0.3, -0.25) is 9.59 Å². The zero-order valence-corrected chi connectivity index (χ0v) is 13.5. The van der Waals surface area contributed by atoms with Crippen molar-refractivity contribution in [2.24, 2.45) is 0 Å². The molecule has 1 aliphatic heterocycles. The number of anilines is 1. The average Bonchev–Trinajstić information content (AvgIpc) is 3.18. The predicted octanol–water partition coefficient (Wildman–Crippen LogP) is 3.52. The lowest BCUT2D eigenvalue weighted by atomic mass is 10.2. The average molecular weight is 326 g/mol. The zero-order valence-electron chi connectivity index (χ0n) is 12.7.